The van der Waals surface area contributed by atoms with Crippen LogP contribution in [0.1, 0.15) is 47.0 Å². The SMILES string of the molecule is CC(=O)N[C@@H](CS)C(=O)OC1(C(=O)O)C(C)CC2C3CC(F)C4=CC(=O)C=CC4(C)C3(F)C(O)CC21C. The molecule has 1 amide bonds. The van der Waals surface area contributed by atoms with Crippen LogP contribution in [-0.2, 0) is 23.9 Å². The summed E-state index contributed by atoms with van der Waals surface area (Å²) in [6.07, 6.45) is -0.466. The van der Waals surface area contributed by atoms with E-state index in [0.29, 0.717) is 0 Å². The van der Waals surface area contributed by atoms with E-state index in [0.717, 1.165) is 6.08 Å². The Hall–Kier alpha value is -2.27. The predicted molar refractivity (Wildman–Crippen MR) is 131 cm³/mol. The summed E-state index contributed by atoms with van der Waals surface area (Å²) in [5.41, 5.74) is -7.66. The van der Waals surface area contributed by atoms with Crippen molar-refractivity contribution in [2.24, 2.45) is 28.6 Å². The molecule has 10 atom stereocenters. The molecule has 0 bridgehead atoms. The first-order valence-corrected chi connectivity index (χ1v) is 13.0. The number of halogens is 2. The van der Waals surface area contributed by atoms with Gasteiger partial charge in [-0.3, -0.25) is 9.59 Å². The molecule has 11 heteroatoms. The Morgan fingerprint density at radius 1 is 1.27 bits per heavy atom. The average Bonchev–Trinajstić information content (AvgIpc) is 3.02. The van der Waals surface area contributed by atoms with Gasteiger partial charge in [-0.15, -0.1) is 0 Å². The van der Waals surface area contributed by atoms with Gasteiger partial charge in [0.05, 0.1) is 6.10 Å². The maximum atomic E-state index is 17.3. The van der Waals surface area contributed by atoms with Crippen LogP contribution in [-0.4, -0.2) is 69.2 Å². The largest absolute Gasteiger partial charge is 0.478 e. The zero-order valence-electron chi connectivity index (χ0n) is 21.2. The first kappa shape index (κ1) is 27.8. The average molecular weight is 542 g/mol. The molecular formula is C26H33F2NO7S. The molecular weight excluding hydrogens is 508 g/mol. The van der Waals surface area contributed by atoms with Crippen LogP contribution in [0.15, 0.2) is 23.8 Å². The number of rotatable bonds is 5. The Bertz CT molecular complexity index is 1110. The van der Waals surface area contributed by atoms with E-state index in [4.69, 9.17) is 4.74 Å². The molecule has 3 fully saturated rings. The molecule has 4 rings (SSSR count). The zero-order chi connectivity index (χ0) is 27.7. The van der Waals surface area contributed by atoms with Crippen LogP contribution in [0.2, 0.25) is 0 Å². The topological polar surface area (TPSA) is 130 Å². The number of carbonyl (C=O) groups is 4. The van der Waals surface area contributed by atoms with Crippen LogP contribution in [0.4, 0.5) is 8.78 Å². The number of hydrogen-bond donors (Lipinski definition) is 4. The van der Waals surface area contributed by atoms with Crippen molar-refractivity contribution in [3.63, 3.8) is 0 Å². The fourth-order valence-electron chi connectivity index (χ4n) is 7.89. The van der Waals surface area contributed by atoms with Gasteiger partial charge in [0.2, 0.25) is 11.5 Å². The van der Waals surface area contributed by atoms with Gasteiger partial charge in [0.15, 0.2) is 11.5 Å². The van der Waals surface area contributed by atoms with Gasteiger partial charge in [-0.05, 0) is 49.8 Å². The first-order chi connectivity index (χ1) is 17.1. The van der Waals surface area contributed by atoms with Crippen molar-refractivity contribution in [3.05, 3.63) is 23.8 Å². The van der Waals surface area contributed by atoms with Crippen molar-refractivity contribution in [1.29, 1.82) is 0 Å². The molecule has 0 spiro atoms. The number of aliphatic hydroxyl groups excluding tert-OH is 1. The lowest BCUT2D eigenvalue weighted by atomic mass is 9.44. The summed E-state index contributed by atoms with van der Waals surface area (Å²) in [6, 6.07) is -1.22. The van der Waals surface area contributed by atoms with Crippen LogP contribution >= 0.6 is 12.6 Å². The molecule has 0 saturated heterocycles. The number of nitrogens with one attached hydrogen (secondary N) is 1. The molecule has 0 aliphatic heterocycles. The first-order valence-electron chi connectivity index (χ1n) is 12.4. The van der Waals surface area contributed by atoms with Gasteiger partial charge in [-0.25, -0.2) is 18.4 Å². The maximum Gasteiger partial charge on any atom is 0.349 e. The van der Waals surface area contributed by atoms with Gasteiger partial charge in [-0.1, -0.05) is 19.9 Å². The number of aliphatic carboxylic acids is 1. The standard InChI is InChI=1S/C26H33F2NO7S/c1-12-7-15-16-9-18(27)17-8-14(31)5-6-23(17,3)25(16,28)20(32)10-24(15,4)26(12,22(34)35)36-21(33)19(11-37)29-13(2)30/h5-6,8,12,15-16,18-20,32,37H,7,9-11H2,1-4H3,(H,29,30)(H,34,35)/t12?,15?,16?,18?,19-,20?,23?,24?,25?,26?/m0/s1. The molecule has 3 saturated carbocycles. The summed E-state index contributed by atoms with van der Waals surface area (Å²) in [4.78, 5) is 49.5. The lowest BCUT2D eigenvalue weighted by molar-refractivity contribution is -0.237. The molecule has 8 nitrogen and oxygen atoms in total. The van der Waals surface area contributed by atoms with E-state index in [9.17, 15) is 29.4 Å². The summed E-state index contributed by atoms with van der Waals surface area (Å²) in [5.74, 6) is -6.31. The summed E-state index contributed by atoms with van der Waals surface area (Å²) in [5, 5.41) is 24.3. The number of ether oxygens (including phenoxy) is 1. The second-order valence-electron chi connectivity index (χ2n) is 11.4. The number of amides is 1. The maximum absolute atomic E-state index is 17.3. The lowest BCUT2D eigenvalue weighted by Crippen LogP contribution is -2.71. The van der Waals surface area contributed by atoms with Crippen molar-refractivity contribution in [3.8, 4) is 0 Å². The lowest BCUT2D eigenvalue weighted by Gasteiger charge is -2.62. The third kappa shape index (κ3) is 3.56. The molecule has 0 aromatic heterocycles. The summed E-state index contributed by atoms with van der Waals surface area (Å²) >= 11 is 4.07. The number of aliphatic hydroxyl groups is 1. The van der Waals surface area contributed by atoms with E-state index in [2.05, 4.69) is 17.9 Å². The fraction of sp³-hybridized carbons (Fsp3) is 0.692. The quantitative estimate of drug-likeness (QED) is 0.311. The van der Waals surface area contributed by atoms with Gasteiger partial charge in [0.1, 0.15) is 12.2 Å². The highest BCUT2D eigenvalue weighted by molar-refractivity contribution is 7.80. The minimum atomic E-state index is -2.38. The highest BCUT2D eigenvalue weighted by Gasteiger charge is 2.78. The van der Waals surface area contributed by atoms with Crippen molar-refractivity contribution in [2.45, 2.75) is 76.5 Å². The molecule has 4 aliphatic carbocycles. The highest BCUT2D eigenvalue weighted by atomic mass is 32.1. The van der Waals surface area contributed by atoms with Gasteiger partial charge >= 0.3 is 11.9 Å². The van der Waals surface area contributed by atoms with Crippen LogP contribution in [0, 0.1) is 28.6 Å². The molecule has 0 aromatic carbocycles. The normalized spacial score (nSPS) is 45.1. The van der Waals surface area contributed by atoms with E-state index in [1.165, 1.54) is 26.0 Å². The van der Waals surface area contributed by atoms with Gasteiger partial charge in [0.25, 0.3) is 0 Å². The smallest absolute Gasteiger partial charge is 0.349 e. The van der Waals surface area contributed by atoms with Gasteiger partial charge in [0, 0.05) is 35.3 Å². The number of carboxylic acid groups (broad SMARTS) is 1. The monoisotopic (exact) mass is 541 g/mol. The molecule has 0 aromatic rings. The number of hydrogen-bond acceptors (Lipinski definition) is 7. The number of carboxylic acids is 1. The Morgan fingerprint density at radius 2 is 1.92 bits per heavy atom. The highest BCUT2D eigenvalue weighted by Crippen LogP contribution is 2.71. The zero-order valence-corrected chi connectivity index (χ0v) is 22.1. The summed E-state index contributed by atoms with van der Waals surface area (Å²) in [7, 11) is 0. The molecule has 204 valence electrons. The number of alkyl halides is 2. The number of ketones is 1. The Morgan fingerprint density at radius 3 is 2.49 bits per heavy atom. The van der Waals surface area contributed by atoms with Crippen LogP contribution < -0.4 is 5.32 Å². The number of esters is 1. The van der Waals surface area contributed by atoms with Crippen molar-refractivity contribution < 1.29 is 42.9 Å². The number of carbonyl (C=O) groups excluding carboxylic acids is 3. The van der Waals surface area contributed by atoms with Crippen LogP contribution in [0.25, 0.3) is 0 Å². The molecule has 0 heterocycles. The number of thiol groups is 1. The van der Waals surface area contributed by atoms with E-state index in [-0.39, 0.29) is 30.6 Å². The summed E-state index contributed by atoms with van der Waals surface area (Å²) in [6.45, 7) is 5.77. The third-order valence-electron chi connectivity index (χ3n) is 9.59. The van der Waals surface area contributed by atoms with Crippen molar-refractivity contribution in [1.82, 2.24) is 5.32 Å². The number of fused-ring (bicyclic) bond motifs is 5. The van der Waals surface area contributed by atoms with Crippen molar-refractivity contribution in [2.75, 3.05) is 5.75 Å². The second kappa shape index (κ2) is 8.90. The van der Waals surface area contributed by atoms with Crippen molar-refractivity contribution >= 4 is 36.3 Å². The molecule has 37 heavy (non-hydrogen) atoms. The Balaban J connectivity index is 1.81. The van der Waals surface area contributed by atoms with E-state index in [1.54, 1.807) is 13.8 Å². The predicted octanol–water partition coefficient (Wildman–Crippen LogP) is 2.35. The fourth-order valence-corrected chi connectivity index (χ4v) is 8.14. The molecule has 0 radical (unpaired) electrons. The van der Waals surface area contributed by atoms with E-state index < -0.39 is 81.8 Å². The molecule has 3 N–H and O–H groups in total. The Labute approximate surface area is 219 Å². The van der Waals surface area contributed by atoms with Crippen LogP contribution in [0.3, 0.4) is 0 Å². The van der Waals surface area contributed by atoms with E-state index >= 15 is 8.78 Å². The molecule has 4 aliphatic rings. The minimum Gasteiger partial charge on any atom is -0.478 e. The van der Waals surface area contributed by atoms with Crippen LogP contribution in [0.5, 0.6) is 0 Å². The van der Waals surface area contributed by atoms with E-state index in [1.807, 2.05) is 0 Å². The number of allylic oxidation sites excluding steroid dienone is 4. The third-order valence-corrected chi connectivity index (χ3v) is 9.96. The minimum absolute atomic E-state index is 0.0321. The summed E-state index contributed by atoms with van der Waals surface area (Å²) < 4.78 is 38.6. The Kier molecular flexibility index (Phi) is 6.67. The van der Waals surface area contributed by atoms with Gasteiger partial charge in [-0.2, -0.15) is 12.6 Å². The van der Waals surface area contributed by atoms with Gasteiger partial charge < -0.3 is 20.3 Å². The molecule has 9 unspecified atom stereocenters. The second-order valence-corrected chi connectivity index (χ2v) is 11.8.